The van der Waals surface area contributed by atoms with Gasteiger partial charge in [-0.1, -0.05) is 42.5 Å². The lowest BCUT2D eigenvalue weighted by molar-refractivity contribution is -0.137. The quantitative estimate of drug-likeness (QED) is 0.706. The fourth-order valence-corrected chi connectivity index (χ4v) is 3.16. The number of benzene rings is 2. The van der Waals surface area contributed by atoms with Crippen LogP contribution in [0.3, 0.4) is 0 Å². The predicted octanol–water partition coefficient (Wildman–Crippen LogP) is 3.01. The van der Waals surface area contributed by atoms with Gasteiger partial charge in [-0.3, -0.25) is 9.59 Å². The maximum Gasteiger partial charge on any atom is 0.236 e. The highest BCUT2D eigenvalue weighted by Crippen LogP contribution is 2.46. The number of ether oxygens (including phenoxy) is 1. The molecule has 142 valence electrons. The standard InChI is InChI=1S/C22H26N2O3/c1-16(18-8-4-3-5-9-18)24-21(26)22(12-13-22)20(25)23-14-11-17-7-6-10-19(15-17)27-2/h3-10,15-16H,11-14H2,1-2H3,(H,23,25)(H,24,26). The lowest BCUT2D eigenvalue weighted by Crippen LogP contribution is -2.44. The van der Waals surface area contributed by atoms with Gasteiger partial charge in [-0.05, 0) is 49.4 Å². The molecule has 0 bridgehead atoms. The van der Waals surface area contributed by atoms with Crippen molar-refractivity contribution < 1.29 is 14.3 Å². The normalized spacial score (nSPS) is 15.5. The molecule has 2 aromatic rings. The number of carbonyl (C=O) groups is 2. The van der Waals surface area contributed by atoms with E-state index in [2.05, 4.69) is 10.6 Å². The van der Waals surface area contributed by atoms with Crippen molar-refractivity contribution >= 4 is 11.8 Å². The highest BCUT2D eigenvalue weighted by Gasteiger charge is 2.56. The summed E-state index contributed by atoms with van der Waals surface area (Å²) in [5, 5.41) is 5.91. The molecule has 2 aromatic carbocycles. The summed E-state index contributed by atoms with van der Waals surface area (Å²) in [6.07, 6.45) is 1.90. The summed E-state index contributed by atoms with van der Waals surface area (Å²) >= 11 is 0. The lowest BCUT2D eigenvalue weighted by atomic mass is 10.0. The Labute approximate surface area is 160 Å². The smallest absolute Gasteiger partial charge is 0.236 e. The summed E-state index contributed by atoms with van der Waals surface area (Å²) in [6, 6.07) is 17.4. The molecule has 0 heterocycles. The van der Waals surface area contributed by atoms with E-state index >= 15 is 0 Å². The van der Waals surface area contributed by atoms with Gasteiger partial charge in [0.05, 0.1) is 13.2 Å². The Balaban J connectivity index is 1.52. The van der Waals surface area contributed by atoms with Crippen LogP contribution in [0.15, 0.2) is 54.6 Å². The summed E-state index contributed by atoms with van der Waals surface area (Å²) in [7, 11) is 1.63. The van der Waals surface area contributed by atoms with Crippen molar-refractivity contribution in [2.75, 3.05) is 13.7 Å². The molecule has 0 spiro atoms. The van der Waals surface area contributed by atoms with Gasteiger partial charge in [0, 0.05) is 6.54 Å². The van der Waals surface area contributed by atoms with Crippen LogP contribution in [-0.2, 0) is 16.0 Å². The lowest BCUT2D eigenvalue weighted by Gasteiger charge is -2.19. The highest BCUT2D eigenvalue weighted by atomic mass is 16.5. The molecule has 5 nitrogen and oxygen atoms in total. The second kappa shape index (κ2) is 8.25. The third-order valence-corrected chi connectivity index (χ3v) is 5.10. The highest BCUT2D eigenvalue weighted by molar-refractivity contribution is 6.08. The van der Waals surface area contributed by atoms with E-state index in [1.807, 2.05) is 61.5 Å². The van der Waals surface area contributed by atoms with Crippen LogP contribution in [0, 0.1) is 5.41 Å². The Kier molecular flexibility index (Phi) is 5.79. The van der Waals surface area contributed by atoms with Gasteiger partial charge in [0.1, 0.15) is 11.2 Å². The Hall–Kier alpha value is -2.82. The third-order valence-electron chi connectivity index (χ3n) is 5.10. The minimum atomic E-state index is -0.905. The molecule has 1 fully saturated rings. The van der Waals surface area contributed by atoms with E-state index in [-0.39, 0.29) is 17.9 Å². The van der Waals surface area contributed by atoms with Crippen LogP contribution < -0.4 is 15.4 Å². The molecular formula is C22H26N2O3. The van der Waals surface area contributed by atoms with Gasteiger partial charge < -0.3 is 15.4 Å². The Morgan fingerprint density at radius 1 is 1.07 bits per heavy atom. The number of amides is 2. The first-order valence-electron chi connectivity index (χ1n) is 9.32. The first kappa shape index (κ1) is 19.0. The van der Waals surface area contributed by atoms with Crippen molar-refractivity contribution in [2.24, 2.45) is 5.41 Å². The van der Waals surface area contributed by atoms with Crippen LogP contribution in [-0.4, -0.2) is 25.5 Å². The molecule has 1 saturated carbocycles. The van der Waals surface area contributed by atoms with Crippen molar-refractivity contribution in [3.05, 3.63) is 65.7 Å². The number of nitrogens with one attached hydrogen (secondary N) is 2. The fourth-order valence-electron chi connectivity index (χ4n) is 3.16. The topological polar surface area (TPSA) is 67.4 Å². The number of rotatable bonds is 8. The molecule has 2 N–H and O–H groups in total. The van der Waals surface area contributed by atoms with Gasteiger partial charge in [0.15, 0.2) is 0 Å². The average molecular weight is 366 g/mol. The second-order valence-electron chi connectivity index (χ2n) is 7.05. The van der Waals surface area contributed by atoms with Crippen molar-refractivity contribution in [3.8, 4) is 5.75 Å². The monoisotopic (exact) mass is 366 g/mol. The largest absolute Gasteiger partial charge is 0.497 e. The SMILES string of the molecule is COc1cccc(CCNC(=O)C2(C(=O)NC(C)c3ccccc3)CC2)c1. The Morgan fingerprint density at radius 3 is 2.48 bits per heavy atom. The van der Waals surface area contributed by atoms with Crippen LogP contribution >= 0.6 is 0 Å². The molecule has 1 aliphatic carbocycles. The third kappa shape index (κ3) is 4.48. The number of carbonyl (C=O) groups excluding carboxylic acids is 2. The van der Waals surface area contributed by atoms with Gasteiger partial charge in [0.2, 0.25) is 11.8 Å². The van der Waals surface area contributed by atoms with Crippen molar-refractivity contribution in [3.63, 3.8) is 0 Å². The van der Waals surface area contributed by atoms with E-state index in [4.69, 9.17) is 4.74 Å². The first-order chi connectivity index (χ1) is 13.0. The number of hydrogen-bond acceptors (Lipinski definition) is 3. The molecule has 5 heteroatoms. The van der Waals surface area contributed by atoms with Crippen LogP contribution in [0.1, 0.15) is 36.9 Å². The predicted molar refractivity (Wildman–Crippen MR) is 104 cm³/mol. The molecule has 1 aliphatic rings. The zero-order valence-corrected chi connectivity index (χ0v) is 15.8. The van der Waals surface area contributed by atoms with Gasteiger partial charge in [0.25, 0.3) is 0 Å². The summed E-state index contributed by atoms with van der Waals surface area (Å²) in [5.74, 6) is 0.438. The molecule has 1 atom stereocenters. The summed E-state index contributed by atoms with van der Waals surface area (Å²) < 4.78 is 5.21. The van der Waals surface area contributed by atoms with Crippen LogP contribution in [0.4, 0.5) is 0 Å². The van der Waals surface area contributed by atoms with Crippen LogP contribution in [0.25, 0.3) is 0 Å². The van der Waals surface area contributed by atoms with Gasteiger partial charge >= 0.3 is 0 Å². The molecule has 27 heavy (non-hydrogen) atoms. The molecule has 0 aromatic heterocycles. The molecule has 0 radical (unpaired) electrons. The Bertz CT molecular complexity index is 800. The average Bonchev–Trinajstić information content (AvgIpc) is 3.51. The summed E-state index contributed by atoms with van der Waals surface area (Å²) in [5.41, 5.74) is 1.21. The van der Waals surface area contributed by atoms with Gasteiger partial charge in [-0.2, -0.15) is 0 Å². The molecule has 0 aliphatic heterocycles. The minimum Gasteiger partial charge on any atom is -0.497 e. The zero-order chi connectivity index (χ0) is 19.3. The molecule has 1 unspecified atom stereocenters. The maximum atomic E-state index is 12.7. The first-order valence-corrected chi connectivity index (χ1v) is 9.32. The van der Waals surface area contributed by atoms with Crippen molar-refractivity contribution in [1.29, 1.82) is 0 Å². The van der Waals surface area contributed by atoms with E-state index in [0.29, 0.717) is 25.8 Å². The summed E-state index contributed by atoms with van der Waals surface area (Å²) in [6.45, 7) is 2.43. The maximum absolute atomic E-state index is 12.7. The molecular weight excluding hydrogens is 340 g/mol. The van der Waals surface area contributed by atoms with E-state index in [1.54, 1.807) is 7.11 Å². The van der Waals surface area contributed by atoms with E-state index in [1.165, 1.54) is 0 Å². The van der Waals surface area contributed by atoms with E-state index < -0.39 is 5.41 Å². The Morgan fingerprint density at radius 2 is 1.81 bits per heavy atom. The van der Waals surface area contributed by atoms with Crippen molar-refractivity contribution in [1.82, 2.24) is 10.6 Å². The van der Waals surface area contributed by atoms with E-state index in [0.717, 1.165) is 16.9 Å². The van der Waals surface area contributed by atoms with Crippen LogP contribution in [0.2, 0.25) is 0 Å². The zero-order valence-electron chi connectivity index (χ0n) is 15.8. The molecule has 0 saturated heterocycles. The minimum absolute atomic E-state index is 0.124. The van der Waals surface area contributed by atoms with Crippen LogP contribution in [0.5, 0.6) is 5.75 Å². The second-order valence-corrected chi connectivity index (χ2v) is 7.05. The molecule has 3 rings (SSSR count). The number of hydrogen-bond donors (Lipinski definition) is 2. The fraction of sp³-hybridized carbons (Fsp3) is 0.364. The van der Waals surface area contributed by atoms with Crippen molar-refractivity contribution in [2.45, 2.75) is 32.2 Å². The van der Waals surface area contributed by atoms with E-state index in [9.17, 15) is 9.59 Å². The number of methoxy groups -OCH3 is 1. The summed E-state index contributed by atoms with van der Waals surface area (Å²) in [4.78, 5) is 25.3. The van der Waals surface area contributed by atoms with Gasteiger partial charge in [-0.25, -0.2) is 0 Å². The van der Waals surface area contributed by atoms with Gasteiger partial charge in [-0.15, -0.1) is 0 Å². The molecule has 2 amide bonds.